The van der Waals surface area contributed by atoms with Crippen LogP contribution in [-0.4, -0.2) is 46.4 Å². The monoisotopic (exact) mass is 279 g/mol. The molecule has 2 aliphatic heterocycles. The number of hydrogen-bond donors (Lipinski definition) is 2. The van der Waals surface area contributed by atoms with Gasteiger partial charge in [0.25, 0.3) is 0 Å². The molecule has 7 heteroatoms. The number of fused-ring (bicyclic) bond motifs is 2. The maximum absolute atomic E-state index is 5.83. The quantitative estimate of drug-likeness (QED) is 0.843. The fourth-order valence-corrected chi connectivity index (χ4v) is 2.75. The lowest BCUT2D eigenvalue weighted by molar-refractivity contribution is 0.102. The Labute approximate surface area is 118 Å². The van der Waals surface area contributed by atoms with Crippen LogP contribution in [0.1, 0.15) is 33.1 Å². The number of rotatable bonds is 5. The maximum atomic E-state index is 5.83. The zero-order chi connectivity index (χ0) is 14.1. The molecule has 3 rings (SSSR count). The van der Waals surface area contributed by atoms with Crippen LogP contribution >= 0.6 is 0 Å². The smallest absolute Gasteiger partial charge is 0.323 e. The van der Waals surface area contributed by atoms with Crippen molar-refractivity contribution in [2.45, 2.75) is 57.5 Å². The summed E-state index contributed by atoms with van der Waals surface area (Å²) in [4.78, 5) is 12.8. The lowest BCUT2D eigenvalue weighted by atomic mass is 9.96. The molecular formula is C13H21N5O2. The van der Waals surface area contributed by atoms with Crippen molar-refractivity contribution in [3.63, 3.8) is 0 Å². The first-order valence-electron chi connectivity index (χ1n) is 7.16. The molecule has 0 amide bonds. The molecule has 0 saturated carbocycles. The Morgan fingerprint density at radius 3 is 2.60 bits per heavy atom. The summed E-state index contributed by atoms with van der Waals surface area (Å²) in [7, 11) is 1.78. The van der Waals surface area contributed by atoms with E-state index in [1.807, 2.05) is 13.8 Å². The van der Waals surface area contributed by atoms with Crippen molar-refractivity contribution in [3.05, 3.63) is 0 Å². The van der Waals surface area contributed by atoms with Crippen molar-refractivity contribution < 1.29 is 9.47 Å². The fourth-order valence-electron chi connectivity index (χ4n) is 2.75. The average molecular weight is 279 g/mol. The Hall–Kier alpha value is -1.63. The second-order valence-electron chi connectivity index (χ2n) is 5.54. The third-order valence-corrected chi connectivity index (χ3v) is 3.60. The van der Waals surface area contributed by atoms with Gasteiger partial charge in [-0.15, -0.1) is 0 Å². The summed E-state index contributed by atoms with van der Waals surface area (Å²) in [5, 5.41) is 6.28. The van der Waals surface area contributed by atoms with Gasteiger partial charge in [0.05, 0.1) is 24.4 Å². The van der Waals surface area contributed by atoms with Crippen LogP contribution in [0.4, 0.5) is 11.9 Å². The first-order chi connectivity index (χ1) is 9.64. The van der Waals surface area contributed by atoms with E-state index >= 15 is 0 Å². The molecule has 2 aliphatic rings. The molecule has 7 nitrogen and oxygen atoms in total. The molecule has 110 valence electrons. The minimum Gasteiger partial charge on any atom is -0.461 e. The summed E-state index contributed by atoms with van der Waals surface area (Å²) in [6.07, 6.45) is 4.01. The van der Waals surface area contributed by atoms with Crippen molar-refractivity contribution in [1.29, 1.82) is 0 Å². The summed E-state index contributed by atoms with van der Waals surface area (Å²) in [6, 6.07) is 0.624. The minimum atomic E-state index is 0.0285. The molecule has 2 bridgehead atoms. The highest BCUT2D eigenvalue weighted by Crippen LogP contribution is 2.35. The molecule has 2 N–H and O–H groups in total. The lowest BCUT2D eigenvalue weighted by Gasteiger charge is -2.20. The van der Waals surface area contributed by atoms with E-state index in [1.165, 1.54) is 6.42 Å². The highest BCUT2D eigenvalue weighted by atomic mass is 16.5. The largest absolute Gasteiger partial charge is 0.461 e. The molecule has 3 atom stereocenters. The van der Waals surface area contributed by atoms with Crippen molar-refractivity contribution in [3.8, 4) is 6.01 Å². The maximum Gasteiger partial charge on any atom is 0.323 e. The summed E-state index contributed by atoms with van der Waals surface area (Å²) >= 11 is 0. The molecule has 0 aliphatic carbocycles. The number of hydrogen-bond acceptors (Lipinski definition) is 7. The fraction of sp³-hybridized carbons (Fsp3) is 0.769. The molecule has 0 radical (unpaired) electrons. The third kappa shape index (κ3) is 2.77. The predicted molar refractivity (Wildman–Crippen MR) is 75.1 cm³/mol. The van der Waals surface area contributed by atoms with Crippen LogP contribution < -0.4 is 15.4 Å². The third-order valence-electron chi connectivity index (χ3n) is 3.60. The first-order valence-corrected chi connectivity index (χ1v) is 7.16. The molecule has 20 heavy (non-hydrogen) atoms. The van der Waals surface area contributed by atoms with E-state index in [-0.39, 0.29) is 18.2 Å². The Bertz CT molecular complexity index is 482. The number of anilines is 2. The van der Waals surface area contributed by atoms with Crippen LogP contribution in [0.2, 0.25) is 0 Å². The number of nitrogens with one attached hydrogen (secondary N) is 2. The number of nitrogens with zero attached hydrogens (tertiary/aromatic N) is 3. The second-order valence-corrected chi connectivity index (χ2v) is 5.54. The summed E-state index contributed by atoms with van der Waals surface area (Å²) in [6.45, 7) is 3.89. The second kappa shape index (κ2) is 5.40. The Morgan fingerprint density at radius 1 is 1.20 bits per heavy atom. The SMILES string of the molecule is CNc1nc(NC2CC3CCC2O3)nc(OC(C)C)n1. The minimum absolute atomic E-state index is 0.0285. The highest BCUT2D eigenvalue weighted by Gasteiger charge is 2.41. The summed E-state index contributed by atoms with van der Waals surface area (Å²) in [5.41, 5.74) is 0. The van der Waals surface area contributed by atoms with Gasteiger partial charge < -0.3 is 20.1 Å². The van der Waals surface area contributed by atoms with Crippen LogP contribution in [0.5, 0.6) is 6.01 Å². The van der Waals surface area contributed by atoms with Gasteiger partial charge in [-0.2, -0.15) is 15.0 Å². The predicted octanol–water partition coefficient (Wildman–Crippen LogP) is 1.43. The van der Waals surface area contributed by atoms with Crippen molar-refractivity contribution >= 4 is 11.9 Å². The zero-order valence-corrected chi connectivity index (χ0v) is 12.1. The zero-order valence-electron chi connectivity index (χ0n) is 12.1. The normalized spacial score (nSPS) is 27.9. The van der Waals surface area contributed by atoms with E-state index < -0.39 is 0 Å². The van der Waals surface area contributed by atoms with Gasteiger partial charge in [-0.25, -0.2) is 0 Å². The van der Waals surface area contributed by atoms with Gasteiger partial charge >= 0.3 is 6.01 Å². The molecule has 1 aromatic heterocycles. The Balaban J connectivity index is 1.74. The molecule has 2 saturated heterocycles. The van der Waals surface area contributed by atoms with Gasteiger partial charge in [-0.1, -0.05) is 0 Å². The molecule has 3 heterocycles. The molecule has 1 aromatic rings. The van der Waals surface area contributed by atoms with Crippen molar-refractivity contribution in [1.82, 2.24) is 15.0 Å². The Morgan fingerprint density at radius 2 is 2.00 bits per heavy atom. The van der Waals surface area contributed by atoms with Crippen LogP contribution in [0.3, 0.4) is 0 Å². The van der Waals surface area contributed by atoms with E-state index in [9.17, 15) is 0 Å². The standard InChI is InChI=1S/C13H21N5O2/c1-7(2)19-13-17-11(14-3)16-12(18-13)15-9-6-8-4-5-10(9)20-8/h7-10H,4-6H2,1-3H3,(H2,14,15,16,17,18). The van der Waals surface area contributed by atoms with Crippen LogP contribution in [0.25, 0.3) is 0 Å². The van der Waals surface area contributed by atoms with E-state index in [0.717, 1.165) is 12.8 Å². The molecule has 0 spiro atoms. The van der Waals surface area contributed by atoms with E-state index in [4.69, 9.17) is 9.47 Å². The van der Waals surface area contributed by atoms with E-state index in [2.05, 4.69) is 25.6 Å². The van der Waals surface area contributed by atoms with Gasteiger partial charge in [0, 0.05) is 7.05 Å². The Kier molecular flexibility index (Phi) is 3.60. The van der Waals surface area contributed by atoms with E-state index in [1.54, 1.807) is 7.05 Å². The molecule has 2 fully saturated rings. The van der Waals surface area contributed by atoms with Crippen LogP contribution in [0.15, 0.2) is 0 Å². The topological polar surface area (TPSA) is 81.2 Å². The number of aromatic nitrogens is 3. The average Bonchev–Trinajstić information content (AvgIpc) is 2.99. The van der Waals surface area contributed by atoms with Gasteiger partial charge in [0.1, 0.15) is 0 Å². The van der Waals surface area contributed by atoms with Crippen molar-refractivity contribution in [2.75, 3.05) is 17.7 Å². The molecule has 3 unspecified atom stereocenters. The molecule has 0 aromatic carbocycles. The first kappa shape index (κ1) is 13.4. The summed E-state index contributed by atoms with van der Waals surface area (Å²) in [5.74, 6) is 1.04. The number of ether oxygens (including phenoxy) is 2. The summed E-state index contributed by atoms with van der Waals surface area (Å²) < 4.78 is 11.4. The van der Waals surface area contributed by atoms with E-state index in [0.29, 0.717) is 24.0 Å². The lowest BCUT2D eigenvalue weighted by Crippen LogP contribution is -2.31. The van der Waals surface area contributed by atoms with Crippen LogP contribution in [0, 0.1) is 0 Å². The van der Waals surface area contributed by atoms with Gasteiger partial charge in [-0.3, -0.25) is 0 Å². The van der Waals surface area contributed by atoms with Crippen molar-refractivity contribution in [2.24, 2.45) is 0 Å². The van der Waals surface area contributed by atoms with Crippen LogP contribution in [-0.2, 0) is 4.74 Å². The van der Waals surface area contributed by atoms with Gasteiger partial charge in [-0.05, 0) is 33.1 Å². The van der Waals surface area contributed by atoms with Gasteiger partial charge in [0.15, 0.2) is 0 Å². The molecular weight excluding hydrogens is 258 g/mol. The highest BCUT2D eigenvalue weighted by molar-refractivity contribution is 5.37. The van der Waals surface area contributed by atoms with Gasteiger partial charge in [0.2, 0.25) is 11.9 Å².